The first kappa shape index (κ1) is 27.1. The standard InChI is InChI=1S/C12H30O4Si2.2C2H6/c1-7-8-9-10-11-12-17(5,6)16-18(13-2,14-3)15-4;2*1-2/h7-12H2,1-6H3;2*1-2H3. The van der Waals surface area contributed by atoms with E-state index in [1.807, 2.05) is 27.7 Å². The van der Waals surface area contributed by atoms with Crippen molar-refractivity contribution in [1.82, 2.24) is 0 Å². The van der Waals surface area contributed by atoms with Crippen LogP contribution in [0.5, 0.6) is 0 Å². The van der Waals surface area contributed by atoms with Crippen LogP contribution in [-0.2, 0) is 17.4 Å². The highest BCUT2D eigenvalue weighted by Crippen LogP contribution is 2.22. The highest BCUT2D eigenvalue weighted by molar-refractivity contribution is 6.78. The molecule has 0 aliphatic carbocycles. The van der Waals surface area contributed by atoms with E-state index < -0.39 is 17.4 Å². The summed E-state index contributed by atoms with van der Waals surface area (Å²) in [5.41, 5.74) is 0. The Hall–Kier alpha value is 0.274. The van der Waals surface area contributed by atoms with Crippen LogP contribution in [0.15, 0.2) is 0 Å². The molecule has 0 aliphatic rings. The lowest BCUT2D eigenvalue weighted by Crippen LogP contribution is -2.53. The van der Waals surface area contributed by atoms with E-state index >= 15 is 0 Å². The fraction of sp³-hybridized carbons (Fsp3) is 1.00. The topological polar surface area (TPSA) is 36.9 Å². The molecule has 0 saturated heterocycles. The van der Waals surface area contributed by atoms with Gasteiger partial charge >= 0.3 is 9.05 Å². The third-order valence-electron chi connectivity index (χ3n) is 3.03. The zero-order chi connectivity index (χ0) is 18.1. The lowest BCUT2D eigenvalue weighted by Gasteiger charge is -2.32. The molecule has 138 valence electrons. The molecule has 0 rings (SSSR count). The minimum atomic E-state index is -2.87. The maximum absolute atomic E-state index is 6.09. The molecule has 0 bridgehead atoms. The molecule has 0 aromatic carbocycles. The van der Waals surface area contributed by atoms with Crippen LogP contribution in [0, 0.1) is 0 Å². The zero-order valence-electron chi connectivity index (χ0n) is 16.9. The summed E-state index contributed by atoms with van der Waals surface area (Å²) in [5, 5.41) is 0. The maximum Gasteiger partial charge on any atom is 0.668 e. The Labute approximate surface area is 142 Å². The number of rotatable bonds is 11. The highest BCUT2D eigenvalue weighted by atomic mass is 28.5. The summed E-state index contributed by atoms with van der Waals surface area (Å²) in [5.74, 6) is 0. The van der Waals surface area contributed by atoms with E-state index in [0.717, 1.165) is 6.04 Å². The lowest BCUT2D eigenvalue weighted by atomic mass is 10.2. The van der Waals surface area contributed by atoms with Crippen LogP contribution in [-0.4, -0.2) is 38.7 Å². The molecule has 4 nitrogen and oxygen atoms in total. The Morgan fingerprint density at radius 3 is 1.45 bits per heavy atom. The van der Waals surface area contributed by atoms with Crippen molar-refractivity contribution in [3.63, 3.8) is 0 Å². The lowest BCUT2D eigenvalue weighted by molar-refractivity contribution is 0.0478. The number of unbranched alkanes of at least 4 members (excludes halogenated alkanes) is 4. The van der Waals surface area contributed by atoms with Crippen LogP contribution in [0.1, 0.15) is 66.7 Å². The van der Waals surface area contributed by atoms with Gasteiger partial charge in [-0.3, -0.25) is 0 Å². The molecule has 0 amide bonds. The molecule has 0 N–H and O–H groups in total. The molecule has 0 radical (unpaired) electrons. The van der Waals surface area contributed by atoms with Crippen LogP contribution in [0.4, 0.5) is 0 Å². The molecule has 0 saturated carbocycles. The second-order valence-electron chi connectivity index (χ2n) is 5.14. The summed E-state index contributed by atoms with van der Waals surface area (Å²) < 4.78 is 22.1. The molecule has 0 aliphatic heterocycles. The summed E-state index contributed by atoms with van der Waals surface area (Å²) in [6.45, 7) is 14.6. The van der Waals surface area contributed by atoms with Gasteiger partial charge in [-0.1, -0.05) is 66.7 Å². The average Bonchev–Trinajstić information content (AvgIpc) is 2.56. The molecule has 0 spiro atoms. The molecule has 0 unspecified atom stereocenters. The maximum atomic E-state index is 6.09. The summed E-state index contributed by atoms with van der Waals surface area (Å²) in [6, 6.07) is 1.13. The minimum Gasteiger partial charge on any atom is -0.394 e. The van der Waals surface area contributed by atoms with E-state index in [0.29, 0.717) is 0 Å². The Kier molecular flexibility index (Phi) is 21.7. The van der Waals surface area contributed by atoms with Gasteiger partial charge in [-0.15, -0.1) is 0 Å². The average molecular weight is 355 g/mol. The van der Waals surface area contributed by atoms with Crippen molar-refractivity contribution in [3.05, 3.63) is 0 Å². The monoisotopic (exact) mass is 354 g/mol. The summed E-state index contributed by atoms with van der Waals surface area (Å²) >= 11 is 0. The number of hydrogen-bond acceptors (Lipinski definition) is 4. The van der Waals surface area contributed by atoms with Gasteiger partial charge in [-0.05, 0) is 19.1 Å². The zero-order valence-corrected chi connectivity index (χ0v) is 18.9. The van der Waals surface area contributed by atoms with Crippen molar-refractivity contribution in [2.45, 2.75) is 85.9 Å². The Morgan fingerprint density at radius 2 is 1.09 bits per heavy atom. The minimum absolute atomic E-state index is 1.13. The molecule has 6 heteroatoms. The van der Waals surface area contributed by atoms with Crippen molar-refractivity contribution in [1.29, 1.82) is 0 Å². The van der Waals surface area contributed by atoms with Crippen LogP contribution >= 0.6 is 0 Å². The van der Waals surface area contributed by atoms with Crippen LogP contribution in [0.3, 0.4) is 0 Å². The largest absolute Gasteiger partial charge is 0.668 e. The molecule has 0 atom stereocenters. The first-order valence-electron chi connectivity index (χ1n) is 8.81. The predicted octanol–water partition coefficient (Wildman–Crippen LogP) is 5.61. The second-order valence-corrected chi connectivity index (χ2v) is 12.2. The van der Waals surface area contributed by atoms with Gasteiger partial charge in [0.05, 0.1) is 0 Å². The van der Waals surface area contributed by atoms with Gasteiger partial charge in [0.15, 0.2) is 8.32 Å². The van der Waals surface area contributed by atoms with E-state index in [4.69, 9.17) is 17.4 Å². The first-order valence-corrected chi connectivity index (χ1v) is 13.6. The smallest absolute Gasteiger partial charge is 0.394 e. The normalized spacial score (nSPS) is 11.2. The van der Waals surface area contributed by atoms with Crippen LogP contribution in [0.2, 0.25) is 19.1 Å². The molecule has 0 heterocycles. The third kappa shape index (κ3) is 13.9. The molecule has 0 fully saturated rings. The van der Waals surface area contributed by atoms with Gasteiger partial charge in [0.1, 0.15) is 0 Å². The van der Waals surface area contributed by atoms with E-state index in [1.54, 1.807) is 21.3 Å². The Bertz CT molecular complexity index is 202. The quantitative estimate of drug-likeness (QED) is 0.357. The fourth-order valence-corrected chi connectivity index (χ4v) is 7.64. The first-order chi connectivity index (χ1) is 10.4. The molecule has 22 heavy (non-hydrogen) atoms. The van der Waals surface area contributed by atoms with Crippen molar-refractivity contribution in [3.8, 4) is 0 Å². The van der Waals surface area contributed by atoms with Crippen LogP contribution in [0.25, 0.3) is 0 Å². The SMILES string of the molecule is CC.CC.CCCCCCC[Si](C)(C)O[Si](OC)(OC)OC. The van der Waals surface area contributed by atoms with Gasteiger partial charge in [0, 0.05) is 21.3 Å². The van der Waals surface area contributed by atoms with Gasteiger partial charge in [-0.2, -0.15) is 0 Å². The number of hydrogen-bond donors (Lipinski definition) is 0. The Balaban J connectivity index is -0.000000826. The summed E-state index contributed by atoms with van der Waals surface area (Å²) in [6.07, 6.45) is 6.44. The molecular weight excluding hydrogens is 312 g/mol. The molecule has 0 aromatic heterocycles. The van der Waals surface area contributed by atoms with Crippen LogP contribution < -0.4 is 0 Å². The Morgan fingerprint density at radius 1 is 0.682 bits per heavy atom. The summed E-state index contributed by atoms with van der Waals surface area (Å²) in [7, 11) is 0.123. The van der Waals surface area contributed by atoms with Gasteiger partial charge in [0.2, 0.25) is 0 Å². The molecule has 0 aromatic rings. The van der Waals surface area contributed by atoms with E-state index in [9.17, 15) is 0 Å². The van der Waals surface area contributed by atoms with Gasteiger partial charge in [0.25, 0.3) is 0 Å². The van der Waals surface area contributed by atoms with E-state index in [2.05, 4.69) is 20.0 Å². The van der Waals surface area contributed by atoms with E-state index in [-0.39, 0.29) is 0 Å². The van der Waals surface area contributed by atoms with Gasteiger partial charge < -0.3 is 17.4 Å². The van der Waals surface area contributed by atoms with E-state index in [1.165, 1.54) is 32.1 Å². The highest BCUT2D eigenvalue weighted by Gasteiger charge is 2.47. The van der Waals surface area contributed by atoms with Gasteiger partial charge in [-0.25, -0.2) is 0 Å². The van der Waals surface area contributed by atoms with Crippen molar-refractivity contribution in [2.75, 3.05) is 21.3 Å². The van der Waals surface area contributed by atoms with Crippen molar-refractivity contribution >= 4 is 17.4 Å². The van der Waals surface area contributed by atoms with Crippen molar-refractivity contribution < 1.29 is 17.4 Å². The second kappa shape index (κ2) is 17.6. The fourth-order valence-electron chi connectivity index (χ4n) is 1.92. The summed E-state index contributed by atoms with van der Waals surface area (Å²) in [4.78, 5) is 0. The van der Waals surface area contributed by atoms with Crippen molar-refractivity contribution in [2.24, 2.45) is 0 Å². The third-order valence-corrected chi connectivity index (χ3v) is 9.30. The predicted molar refractivity (Wildman–Crippen MR) is 102 cm³/mol. The molecular formula is C16H42O4Si2.